The Kier molecular flexibility index (Phi) is 35.8. The van der Waals surface area contributed by atoms with Crippen LogP contribution >= 0.6 is 112 Å². The van der Waals surface area contributed by atoms with E-state index in [1.807, 2.05) is 10.8 Å². The fraction of sp³-hybridized carbons (Fsp3) is 0.375. The van der Waals surface area contributed by atoms with E-state index < -0.39 is 120 Å². The van der Waals surface area contributed by atoms with Gasteiger partial charge in [0.2, 0.25) is 0 Å². The van der Waals surface area contributed by atoms with E-state index in [4.69, 9.17) is 87.7 Å². The molecule has 8 aliphatic rings. The van der Waals surface area contributed by atoms with Crippen molar-refractivity contribution in [3.63, 3.8) is 0 Å². The molecule has 0 saturated carbocycles. The molecule has 0 bridgehead atoms. The van der Waals surface area contributed by atoms with Crippen LogP contribution in [0.3, 0.4) is 0 Å². The number of carboxylic acid groups (broad SMARTS) is 3. The number of morpholine rings is 4. The third-order valence-electron chi connectivity index (χ3n) is 22.3. The van der Waals surface area contributed by atoms with E-state index in [1.165, 1.54) is 103 Å². The first-order chi connectivity index (χ1) is 64.9. The number of rotatable bonds is 25. The lowest BCUT2D eigenvalue weighted by Crippen LogP contribution is -2.56. The van der Waals surface area contributed by atoms with Crippen LogP contribution in [0.4, 0.5) is 13.2 Å². The van der Waals surface area contributed by atoms with Crippen molar-refractivity contribution in [2.24, 2.45) is 20.0 Å². The van der Waals surface area contributed by atoms with Gasteiger partial charge in [0, 0.05) is 157 Å². The number of hydrogen-bond donors (Lipinski definition) is 8. The number of aromatic nitrogens is 4. The number of amidine groups is 4. The molecule has 16 rings (SSSR count). The molecule has 0 aliphatic carbocycles. The molecule has 0 amide bonds. The molecule has 4 unspecified atom stereocenters. The lowest BCUT2D eigenvalue weighted by Gasteiger charge is -2.38. The molecule has 0 radical (unpaired) electrons. The van der Waals surface area contributed by atoms with Gasteiger partial charge < -0.3 is 79.6 Å². The zero-order valence-corrected chi connectivity index (χ0v) is 81.6. The van der Waals surface area contributed by atoms with Crippen molar-refractivity contribution in [3.8, 4) is 0 Å². The monoisotopic (exact) mass is 2120 g/mol. The van der Waals surface area contributed by atoms with Gasteiger partial charge in [-0.25, -0.2) is 52.3 Å². The lowest BCUT2D eigenvalue weighted by atomic mass is 9.94. The number of aliphatic imine (C=N–C) groups is 4. The Morgan fingerprint density at radius 2 is 0.763 bits per heavy atom. The minimum absolute atomic E-state index is 0.0671. The molecule has 8 aliphatic heterocycles. The normalized spacial score (nSPS) is 22.9. The van der Waals surface area contributed by atoms with Crippen molar-refractivity contribution >= 4 is 177 Å². The van der Waals surface area contributed by atoms with Gasteiger partial charge in [-0.1, -0.05) is 90.9 Å². The number of aliphatic hydroxyl groups is 1. The van der Waals surface area contributed by atoms with Crippen LogP contribution in [0.2, 0.25) is 15.1 Å². The molecule has 35 nitrogen and oxygen atoms in total. The number of esters is 4. The Balaban J connectivity index is 0.000000152. The first kappa shape index (κ1) is 102. The van der Waals surface area contributed by atoms with Crippen LogP contribution in [0.5, 0.6) is 0 Å². The molecule has 12 heterocycles. The molecule has 4 aromatic heterocycles. The second-order valence-electron chi connectivity index (χ2n) is 30.7. The maximum absolute atomic E-state index is 13.8. The Hall–Kier alpha value is -10.2. The first-order valence-corrected chi connectivity index (χ1v) is 48.0. The number of aliphatic hydroxyl groups excluding tert-OH is 1. The topological polar surface area (TPSA) is 436 Å². The third-order valence-corrected chi connectivity index (χ3v) is 27.7. The van der Waals surface area contributed by atoms with Gasteiger partial charge in [-0.15, -0.1) is 45.3 Å². The van der Waals surface area contributed by atoms with Gasteiger partial charge in [0.15, 0.2) is 43.4 Å². The van der Waals surface area contributed by atoms with Crippen LogP contribution in [0.25, 0.3) is 0 Å². The number of methoxy groups -OCH3 is 3. The van der Waals surface area contributed by atoms with Gasteiger partial charge in [0.25, 0.3) is 0 Å². The van der Waals surface area contributed by atoms with E-state index in [0.29, 0.717) is 179 Å². The lowest BCUT2D eigenvalue weighted by molar-refractivity contribution is -0.156. The minimum Gasteiger partial charge on any atom is -0.480 e. The summed E-state index contributed by atoms with van der Waals surface area (Å²) in [4.78, 5) is 132. The maximum Gasteiger partial charge on any atom is 0.338 e. The first-order valence-electron chi connectivity index (χ1n) is 41.7. The Bertz CT molecular complexity index is 5520. The number of carboxylic acids is 3. The van der Waals surface area contributed by atoms with Crippen molar-refractivity contribution in [1.29, 1.82) is 0 Å². The summed E-state index contributed by atoms with van der Waals surface area (Å²) in [6.07, 6.45) is 4.98. The molecule has 4 aromatic carbocycles. The van der Waals surface area contributed by atoms with Gasteiger partial charge >= 0.3 is 41.8 Å². The molecule has 0 spiro atoms. The predicted molar refractivity (Wildman–Crippen MR) is 503 cm³/mol. The summed E-state index contributed by atoms with van der Waals surface area (Å²) < 4.78 is 85.1. The van der Waals surface area contributed by atoms with Gasteiger partial charge in [0.1, 0.15) is 59.7 Å². The standard InChI is InChI=1S/C22H22BrFN4O5S.C22H24BrFN4O4S.C22H22Cl2N4O5S.C22H22ClFN4O5S/c1-11-18(21(29)30)28(6-7-33-11)10-15-16(22(31)32-2)17(13-4-3-12(24)9-14(13)23)27-19(26-15)20-25-5-8-34-20;1-2-32-22(30)18-17(10-28-6-7-31-12-14(28)11-29)26-20(21-25-5-8-33-21)27-19(18)15-4-3-13(24)9-16(15)23;1-11-18(21(29)30)28(6-7-33-11)10-15-16(22(31)32-2)17(13-4-3-12(23)9-14(13)24)27-19(26-15)20-25-5-8-34-20;1-11-18(21(29)30)28(6-7-33-11)10-15-16(22(31)32-2)17(13-4-3-12(24)9-14(13)23)27-19(26-15)20-25-5-8-34-20/h3-5,8-9,11,17-18H,6-7,10H2,1-2H3,(H,26,27)(H,29,30);3-5,8-9,14,19,29H,2,6-7,10-12H2,1H3,(H,26,27);2*3-5,8-9,11,17-18H,6-7,10H2,1-2H3,(H,26,27)(H,29,30)/t11-,17?,18+;14-,19?;2*11-,17?,18+/m1011/s1. The summed E-state index contributed by atoms with van der Waals surface area (Å²) in [6, 6.07) is 11.0. The van der Waals surface area contributed by atoms with Crippen LogP contribution in [0.15, 0.2) is 193 Å². The highest BCUT2D eigenvalue weighted by molar-refractivity contribution is 9.10. The van der Waals surface area contributed by atoms with Crippen molar-refractivity contribution in [3.05, 3.63) is 248 Å². The number of benzene rings is 4. The number of nitrogens with zero attached hydrogens (tertiary/aromatic N) is 12. The minimum atomic E-state index is -1.03. The highest BCUT2D eigenvalue weighted by Crippen LogP contribution is 2.44. The predicted octanol–water partition coefficient (Wildman–Crippen LogP) is 11.2. The van der Waals surface area contributed by atoms with Gasteiger partial charge in [-0.2, -0.15) is 0 Å². The average molecular weight is 2130 g/mol. The number of ether oxygens (including phenoxy) is 8. The highest BCUT2D eigenvalue weighted by atomic mass is 79.9. The van der Waals surface area contributed by atoms with Crippen LogP contribution in [0.1, 0.15) is 94.1 Å². The molecule has 11 atom stereocenters. The Morgan fingerprint density at radius 3 is 1.07 bits per heavy atom. The summed E-state index contributed by atoms with van der Waals surface area (Å²) in [6.45, 7) is 11.3. The van der Waals surface area contributed by atoms with Gasteiger partial charge in [-0.3, -0.25) is 54.0 Å². The summed E-state index contributed by atoms with van der Waals surface area (Å²) in [7, 11) is 3.79. The number of nitrogens with one attached hydrogen (secondary N) is 4. The Morgan fingerprint density at radius 1 is 0.452 bits per heavy atom. The second-order valence-corrected chi connectivity index (χ2v) is 37.2. The number of aliphatic carboxylic acids is 3. The van der Waals surface area contributed by atoms with E-state index in [9.17, 15) is 67.2 Å². The van der Waals surface area contributed by atoms with Crippen molar-refractivity contribution in [2.45, 2.75) is 94.3 Å². The Labute approximate surface area is 819 Å². The molecule has 47 heteroatoms. The number of carbonyl (C=O) groups excluding carboxylic acids is 4. The second kappa shape index (κ2) is 47.2. The summed E-state index contributed by atoms with van der Waals surface area (Å²) in [5, 5.41) is 62.6. The SMILES string of the molecule is CCOC(=O)C1=C(CN2CCOC[C@@H]2CO)NC(c2nccs2)=NC1c1ccc(F)cc1Br.COC(=O)C1=C(CN2CCO[C@H](C)[C@H]2C(=O)O)NC(c2nccs2)=NC1c1ccc(Cl)cc1Cl.COC(=O)C1=C(CN2CCO[C@H](C)[C@H]2C(=O)O)NC(c2nccs2)=NC1c1ccc(F)cc1Br.COC(=O)C1=C(CN2CCO[C@H](C)[C@H]2C(=O)O)NC(c2nccs2)=NC1c1ccc(F)cc1Cl. The molecule has 8 aromatic rings. The van der Waals surface area contributed by atoms with Crippen LogP contribution in [-0.2, 0) is 71.5 Å². The average Bonchev–Trinajstić information content (AvgIpc) is 1.64. The molecule has 135 heavy (non-hydrogen) atoms. The van der Waals surface area contributed by atoms with E-state index in [-0.39, 0.29) is 60.6 Å². The van der Waals surface area contributed by atoms with Crippen LogP contribution in [-0.4, -0.2) is 288 Å². The van der Waals surface area contributed by atoms with Crippen molar-refractivity contribution < 1.29 is 105 Å². The summed E-state index contributed by atoms with van der Waals surface area (Å²) >= 11 is 31.3. The quantitative estimate of drug-likeness (QED) is 0.0195. The van der Waals surface area contributed by atoms with E-state index in [2.05, 4.69) is 83.0 Å². The molecule has 8 N–H and O–H groups in total. The molecule has 4 fully saturated rings. The third kappa shape index (κ3) is 24.5. The smallest absolute Gasteiger partial charge is 0.338 e. The zero-order valence-electron chi connectivity index (χ0n) is 72.9. The van der Waals surface area contributed by atoms with Gasteiger partial charge in [-0.05, 0) is 87.4 Å². The fourth-order valence-electron chi connectivity index (χ4n) is 16.1. The van der Waals surface area contributed by atoms with Gasteiger partial charge in [0.05, 0.1) is 114 Å². The van der Waals surface area contributed by atoms with Crippen LogP contribution in [0, 0.1) is 17.5 Å². The number of carbonyl (C=O) groups is 7. The molecule has 716 valence electrons. The number of hydrogen-bond acceptors (Lipinski definition) is 36. The van der Waals surface area contributed by atoms with Crippen molar-refractivity contribution in [2.75, 3.05) is 120 Å². The zero-order chi connectivity index (χ0) is 96.6. The molecule has 4 saturated heterocycles. The number of thiazole rings is 4. The van der Waals surface area contributed by atoms with Crippen LogP contribution < -0.4 is 21.3 Å². The summed E-state index contributed by atoms with van der Waals surface area (Å²) in [5.74, 6) is -5.05. The fourth-order valence-corrected chi connectivity index (χ4v) is 20.4. The van der Waals surface area contributed by atoms with Crippen molar-refractivity contribution in [1.82, 2.24) is 60.8 Å². The van der Waals surface area contributed by atoms with E-state index in [0.717, 1.165) is 6.07 Å². The van der Waals surface area contributed by atoms with E-state index in [1.54, 1.807) is 108 Å². The van der Waals surface area contributed by atoms with E-state index >= 15 is 0 Å². The molecular formula is C88H90Br2Cl3F3N16O19S4. The molecular weight excluding hydrogens is 2040 g/mol. The largest absolute Gasteiger partial charge is 0.480 e. The summed E-state index contributed by atoms with van der Waals surface area (Å²) in [5.41, 5.74) is 4.99. The number of halogens is 8. The highest BCUT2D eigenvalue weighted by Gasteiger charge is 2.45. The maximum atomic E-state index is 13.8.